The second kappa shape index (κ2) is 6.81. The van der Waals surface area contributed by atoms with Crippen LogP contribution < -0.4 is 10.1 Å². The highest BCUT2D eigenvalue weighted by Gasteiger charge is 2.30. The maximum Gasteiger partial charge on any atom is 0.157 e. The molecule has 1 saturated heterocycles. The number of fused-ring (bicyclic) bond motifs is 1. The summed E-state index contributed by atoms with van der Waals surface area (Å²) < 4.78 is 15.3. The minimum absolute atomic E-state index is 0.0187. The zero-order valence-corrected chi connectivity index (χ0v) is 14.4. The fourth-order valence-corrected chi connectivity index (χ4v) is 3.04. The highest BCUT2D eigenvalue weighted by Crippen LogP contribution is 2.18. The van der Waals surface area contributed by atoms with Crippen LogP contribution in [-0.2, 0) is 24.9 Å². The Kier molecular flexibility index (Phi) is 4.37. The van der Waals surface area contributed by atoms with Gasteiger partial charge in [-0.05, 0) is 24.6 Å². The molecule has 132 valence electrons. The summed E-state index contributed by atoms with van der Waals surface area (Å²) in [5.74, 6) is 0.783. The predicted octanol–water partition coefficient (Wildman–Crippen LogP) is 1.12. The van der Waals surface area contributed by atoms with Crippen molar-refractivity contribution in [2.75, 3.05) is 13.2 Å². The molecule has 0 saturated carbocycles. The third-order valence-corrected chi connectivity index (χ3v) is 4.49. The Morgan fingerprint density at radius 2 is 2.28 bits per heavy atom. The van der Waals surface area contributed by atoms with Gasteiger partial charge < -0.3 is 14.8 Å². The molecule has 0 radical (unpaired) electrons. The van der Waals surface area contributed by atoms with Crippen LogP contribution in [0.2, 0.25) is 0 Å². The minimum atomic E-state index is -0.0187. The van der Waals surface area contributed by atoms with E-state index in [1.807, 2.05) is 30.9 Å². The first-order valence-electron chi connectivity index (χ1n) is 8.51. The fraction of sp³-hybridized carbons (Fsp3) is 0.471. The van der Waals surface area contributed by atoms with Crippen molar-refractivity contribution in [1.82, 2.24) is 30.1 Å². The van der Waals surface area contributed by atoms with Gasteiger partial charge in [-0.25, -0.2) is 4.68 Å². The number of benzene rings is 1. The number of aryl methyl sites for hydroxylation is 2. The lowest BCUT2D eigenvalue weighted by Crippen LogP contribution is -2.41. The average molecular weight is 342 g/mol. The minimum Gasteiger partial charge on any atom is -0.483 e. The normalized spacial score (nSPS) is 20.4. The second-order valence-electron chi connectivity index (χ2n) is 6.25. The molecule has 1 aromatic carbocycles. The molecule has 0 aliphatic carbocycles. The lowest BCUT2D eigenvalue weighted by Gasteiger charge is -2.19. The van der Waals surface area contributed by atoms with Crippen molar-refractivity contribution in [2.24, 2.45) is 7.05 Å². The van der Waals surface area contributed by atoms with E-state index in [1.165, 1.54) is 0 Å². The van der Waals surface area contributed by atoms with Gasteiger partial charge >= 0.3 is 0 Å². The molecule has 4 rings (SSSR count). The van der Waals surface area contributed by atoms with Crippen LogP contribution in [0.5, 0.6) is 5.75 Å². The first-order chi connectivity index (χ1) is 12.2. The highest BCUT2D eigenvalue weighted by atomic mass is 16.5. The van der Waals surface area contributed by atoms with Gasteiger partial charge in [0.1, 0.15) is 11.6 Å². The molecule has 25 heavy (non-hydrogen) atoms. The lowest BCUT2D eigenvalue weighted by atomic mass is 10.1. The van der Waals surface area contributed by atoms with Crippen LogP contribution in [0.25, 0.3) is 11.0 Å². The van der Waals surface area contributed by atoms with Crippen molar-refractivity contribution in [3.8, 4) is 5.75 Å². The van der Waals surface area contributed by atoms with Crippen LogP contribution >= 0.6 is 0 Å². The number of rotatable bonds is 6. The molecule has 0 spiro atoms. The van der Waals surface area contributed by atoms with Crippen molar-refractivity contribution < 1.29 is 9.47 Å². The summed E-state index contributed by atoms with van der Waals surface area (Å²) in [6, 6.07) is 6.34. The van der Waals surface area contributed by atoms with E-state index in [4.69, 9.17) is 9.47 Å². The second-order valence-corrected chi connectivity index (χ2v) is 6.25. The maximum atomic E-state index is 6.04. The van der Waals surface area contributed by atoms with E-state index in [0.29, 0.717) is 13.2 Å². The molecule has 8 heteroatoms. The van der Waals surface area contributed by atoms with Crippen molar-refractivity contribution in [1.29, 1.82) is 0 Å². The Bertz CT molecular complexity index is 858. The predicted molar refractivity (Wildman–Crippen MR) is 92.3 cm³/mol. The van der Waals surface area contributed by atoms with Gasteiger partial charge in [0, 0.05) is 20.1 Å². The highest BCUT2D eigenvalue weighted by molar-refractivity contribution is 5.74. The Balaban J connectivity index is 1.38. The number of nitrogens with one attached hydrogen (secondary N) is 1. The molecule has 8 nitrogen and oxygen atoms in total. The summed E-state index contributed by atoms with van der Waals surface area (Å²) in [6.07, 6.45) is 3.65. The molecule has 3 aromatic rings. The Morgan fingerprint density at radius 1 is 1.36 bits per heavy atom. The Hall–Kier alpha value is -2.45. The summed E-state index contributed by atoms with van der Waals surface area (Å²) in [5, 5.41) is 16.0. The molecule has 1 aliphatic rings. The topological polar surface area (TPSA) is 79.0 Å². The van der Waals surface area contributed by atoms with Crippen LogP contribution in [0.1, 0.15) is 12.5 Å². The van der Waals surface area contributed by atoms with Crippen LogP contribution in [0.15, 0.2) is 30.6 Å². The zero-order valence-electron chi connectivity index (χ0n) is 14.4. The molecule has 3 heterocycles. The molecule has 2 aromatic heterocycles. The number of ether oxygens (including phenoxy) is 2. The summed E-state index contributed by atoms with van der Waals surface area (Å²) in [6.45, 7) is 4.83. The van der Waals surface area contributed by atoms with E-state index in [0.717, 1.165) is 35.4 Å². The number of hydrogen-bond donors (Lipinski definition) is 1. The van der Waals surface area contributed by atoms with Crippen molar-refractivity contribution >= 4 is 11.0 Å². The SMILES string of the molecule is CCn1cc(O[C@@H]2COC[C@@H]2NCc2ccc3c(c2)nnn3C)cn1. The summed E-state index contributed by atoms with van der Waals surface area (Å²) in [7, 11) is 1.89. The third kappa shape index (κ3) is 3.35. The van der Waals surface area contributed by atoms with E-state index in [2.05, 4.69) is 32.9 Å². The fourth-order valence-electron chi connectivity index (χ4n) is 3.04. The van der Waals surface area contributed by atoms with Crippen LogP contribution in [0, 0.1) is 0 Å². The van der Waals surface area contributed by atoms with E-state index < -0.39 is 0 Å². The number of nitrogens with zero attached hydrogens (tertiary/aromatic N) is 5. The van der Waals surface area contributed by atoms with E-state index in [9.17, 15) is 0 Å². The summed E-state index contributed by atoms with van der Waals surface area (Å²) >= 11 is 0. The summed E-state index contributed by atoms with van der Waals surface area (Å²) in [4.78, 5) is 0. The van der Waals surface area contributed by atoms with Gasteiger partial charge in [-0.1, -0.05) is 11.3 Å². The van der Waals surface area contributed by atoms with E-state index in [1.54, 1.807) is 10.9 Å². The van der Waals surface area contributed by atoms with Crippen LogP contribution in [-0.4, -0.2) is 50.1 Å². The first-order valence-corrected chi connectivity index (χ1v) is 8.51. The van der Waals surface area contributed by atoms with Crippen molar-refractivity contribution in [3.05, 3.63) is 36.2 Å². The average Bonchev–Trinajstić information content (AvgIpc) is 3.34. The largest absolute Gasteiger partial charge is 0.483 e. The Labute approximate surface area is 145 Å². The molecular weight excluding hydrogens is 320 g/mol. The monoisotopic (exact) mass is 342 g/mol. The van der Waals surface area contributed by atoms with Gasteiger partial charge in [0.2, 0.25) is 0 Å². The van der Waals surface area contributed by atoms with Gasteiger partial charge in [-0.15, -0.1) is 5.10 Å². The van der Waals surface area contributed by atoms with E-state index >= 15 is 0 Å². The quantitative estimate of drug-likeness (QED) is 0.723. The van der Waals surface area contributed by atoms with Gasteiger partial charge in [-0.2, -0.15) is 5.10 Å². The van der Waals surface area contributed by atoms with Crippen LogP contribution in [0.3, 0.4) is 0 Å². The van der Waals surface area contributed by atoms with E-state index in [-0.39, 0.29) is 12.1 Å². The Morgan fingerprint density at radius 3 is 3.12 bits per heavy atom. The molecule has 0 amide bonds. The molecule has 0 unspecified atom stereocenters. The first kappa shape index (κ1) is 16.0. The molecule has 1 fully saturated rings. The standard InChI is InChI=1S/C17H22N6O2/c1-3-23-9-13(8-19-23)25-17-11-24-10-15(17)18-7-12-4-5-16-14(6-12)20-21-22(16)2/h4-6,8-9,15,17-18H,3,7,10-11H2,1-2H3/t15-,17+/m0/s1. The molecular formula is C17H22N6O2. The molecule has 2 atom stereocenters. The molecule has 1 aliphatic heterocycles. The maximum absolute atomic E-state index is 6.04. The number of hydrogen-bond acceptors (Lipinski definition) is 6. The van der Waals surface area contributed by atoms with Crippen LogP contribution in [0.4, 0.5) is 0 Å². The lowest BCUT2D eigenvalue weighted by molar-refractivity contribution is 0.139. The molecule has 1 N–H and O–H groups in total. The zero-order chi connectivity index (χ0) is 17.2. The van der Waals surface area contributed by atoms with Gasteiger partial charge in [0.05, 0.1) is 37.2 Å². The third-order valence-electron chi connectivity index (χ3n) is 4.49. The summed E-state index contributed by atoms with van der Waals surface area (Å²) in [5.41, 5.74) is 3.10. The van der Waals surface area contributed by atoms with Gasteiger partial charge in [-0.3, -0.25) is 4.68 Å². The van der Waals surface area contributed by atoms with Crippen molar-refractivity contribution in [3.63, 3.8) is 0 Å². The van der Waals surface area contributed by atoms with Gasteiger partial charge in [0.15, 0.2) is 5.75 Å². The number of aromatic nitrogens is 5. The van der Waals surface area contributed by atoms with Crippen molar-refractivity contribution in [2.45, 2.75) is 32.2 Å². The van der Waals surface area contributed by atoms with Gasteiger partial charge in [0.25, 0.3) is 0 Å². The molecule has 0 bridgehead atoms. The smallest absolute Gasteiger partial charge is 0.157 e.